The number of benzene rings is 2. The molecule has 16 heteroatoms. The summed E-state index contributed by atoms with van der Waals surface area (Å²) in [4.78, 5) is 38.5. The fraction of sp³-hybridized carbons (Fsp3) is 0.304. The van der Waals surface area contributed by atoms with Crippen LogP contribution in [0.5, 0.6) is 0 Å². The van der Waals surface area contributed by atoms with Gasteiger partial charge in [-0.15, -0.1) is 4.40 Å². The number of hydrogen-bond donors (Lipinski definition) is 4. The van der Waals surface area contributed by atoms with Gasteiger partial charge in [0.2, 0.25) is 11.8 Å². The molecule has 4 amide bonds. The number of amidine groups is 1. The molecule has 5 N–H and O–H groups in total. The highest BCUT2D eigenvalue weighted by atomic mass is 32.2. The van der Waals surface area contributed by atoms with E-state index in [1.54, 1.807) is 19.1 Å². The lowest BCUT2D eigenvalue weighted by Crippen LogP contribution is -2.51. The highest BCUT2D eigenvalue weighted by molar-refractivity contribution is 7.90. The summed E-state index contributed by atoms with van der Waals surface area (Å²) in [6.07, 6.45) is 0.759. The average molecular weight is 581 g/mol. The van der Waals surface area contributed by atoms with E-state index < -0.39 is 56.5 Å². The van der Waals surface area contributed by atoms with E-state index in [0.29, 0.717) is 6.42 Å². The van der Waals surface area contributed by atoms with Gasteiger partial charge in [-0.05, 0) is 56.2 Å². The molecule has 0 aliphatic carbocycles. The number of nitrogens with zero attached hydrogens (tertiary/aromatic N) is 2. The van der Waals surface area contributed by atoms with E-state index in [2.05, 4.69) is 19.8 Å². The van der Waals surface area contributed by atoms with Crippen molar-refractivity contribution >= 4 is 49.6 Å². The predicted octanol–water partition coefficient (Wildman–Crippen LogP) is 0.262. The molecule has 0 saturated carbocycles. The van der Waals surface area contributed by atoms with Gasteiger partial charge in [0, 0.05) is 12.2 Å². The largest absolute Gasteiger partial charge is 0.468 e. The zero-order valence-electron chi connectivity index (χ0n) is 21.1. The number of urea groups is 1. The zero-order chi connectivity index (χ0) is 28.8. The summed E-state index contributed by atoms with van der Waals surface area (Å²) < 4.78 is 59.1. The zero-order valence-corrected chi connectivity index (χ0v) is 22.7. The van der Waals surface area contributed by atoms with Gasteiger partial charge in [-0.3, -0.25) is 9.59 Å². The Morgan fingerprint density at radius 1 is 1.03 bits per heavy atom. The summed E-state index contributed by atoms with van der Waals surface area (Å²) in [6.45, 7) is 1.51. The summed E-state index contributed by atoms with van der Waals surface area (Å²) in [5, 5.41) is 4.93. The smallest absolute Gasteiger partial charge is 0.331 e. The number of carbonyl (C=O) groups excluding carboxylic acids is 3. The molecule has 1 aliphatic rings. The van der Waals surface area contributed by atoms with Crippen molar-refractivity contribution in [3.05, 3.63) is 54.1 Å². The van der Waals surface area contributed by atoms with Crippen molar-refractivity contribution in [3.63, 3.8) is 0 Å². The molecule has 1 fully saturated rings. The molecule has 0 spiro atoms. The van der Waals surface area contributed by atoms with E-state index in [9.17, 15) is 31.2 Å². The van der Waals surface area contributed by atoms with Gasteiger partial charge < -0.3 is 26.0 Å². The van der Waals surface area contributed by atoms with Crippen LogP contribution in [0.2, 0.25) is 0 Å². The van der Waals surface area contributed by atoms with E-state index in [-0.39, 0.29) is 28.4 Å². The first-order valence-electron chi connectivity index (χ1n) is 11.5. The van der Waals surface area contributed by atoms with Crippen LogP contribution in [-0.2, 0) is 34.4 Å². The number of methoxy groups -OCH3 is 1. The number of nitrogens with two attached hydrogens (primary N) is 1. The summed E-state index contributed by atoms with van der Waals surface area (Å²) in [5.74, 6) is -1.24. The third-order valence-electron chi connectivity index (χ3n) is 5.65. The number of rotatable bonds is 8. The minimum Gasteiger partial charge on any atom is -0.468 e. The Hall–Kier alpha value is -4.18. The quantitative estimate of drug-likeness (QED) is 0.249. The number of hydrogen-bond acceptors (Lipinski definition) is 8. The van der Waals surface area contributed by atoms with Crippen molar-refractivity contribution in [1.82, 2.24) is 14.9 Å². The number of aryl methyl sites for hydroxylation is 1. The molecule has 0 unspecified atom stereocenters. The van der Waals surface area contributed by atoms with Crippen LogP contribution in [0, 0.1) is 6.92 Å². The first-order valence-corrected chi connectivity index (χ1v) is 14.5. The van der Waals surface area contributed by atoms with Crippen LogP contribution in [-0.4, -0.2) is 71.8 Å². The second kappa shape index (κ2) is 12.1. The number of likely N-dealkylation sites (tertiary alicyclic amines) is 1. The molecule has 1 atom stereocenters. The third-order valence-corrected chi connectivity index (χ3v) is 8.27. The first-order chi connectivity index (χ1) is 18.3. The maximum absolute atomic E-state index is 12.7. The van der Waals surface area contributed by atoms with Crippen LogP contribution in [0.1, 0.15) is 18.4 Å². The van der Waals surface area contributed by atoms with E-state index in [1.165, 1.54) is 43.5 Å². The summed E-state index contributed by atoms with van der Waals surface area (Å²) in [6, 6.07) is 8.55. The SMILES string of the molecule is CO/C(N)=N/S(=O)(=O)c1ccc(NC(=O)CNC(=O)[C@@H]2CCCN2C(=O)NS(=O)(=O)c2ccc(C)cc2)cc1. The van der Waals surface area contributed by atoms with Crippen molar-refractivity contribution < 1.29 is 36.0 Å². The summed E-state index contributed by atoms with van der Waals surface area (Å²) >= 11 is 0. The Morgan fingerprint density at radius 3 is 2.26 bits per heavy atom. The molecule has 39 heavy (non-hydrogen) atoms. The number of anilines is 1. The predicted molar refractivity (Wildman–Crippen MR) is 141 cm³/mol. The third kappa shape index (κ3) is 7.67. The molecule has 1 aliphatic heterocycles. The van der Waals surface area contributed by atoms with Crippen LogP contribution in [0.3, 0.4) is 0 Å². The van der Waals surface area contributed by atoms with Gasteiger partial charge in [0.05, 0.1) is 23.4 Å². The van der Waals surface area contributed by atoms with E-state index in [1.807, 2.05) is 4.72 Å². The molecule has 210 valence electrons. The van der Waals surface area contributed by atoms with Crippen LogP contribution >= 0.6 is 0 Å². The lowest BCUT2D eigenvalue weighted by Gasteiger charge is -2.24. The van der Waals surface area contributed by atoms with Crippen molar-refractivity contribution in [3.8, 4) is 0 Å². The molecule has 0 bridgehead atoms. The van der Waals surface area contributed by atoms with Gasteiger partial charge in [0.25, 0.3) is 26.1 Å². The van der Waals surface area contributed by atoms with Crippen LogP contribution in [0.15, 0.2) is 62.7 Å². The lowest BCUT2D eigenvalue weighted by atomic mass is 10.2. The minimum atomic E-state index is -4.14. The van der Waals surface area contributed by atoms with Gasteiger partial charge in [-0.1, -0.05) is 17.7 Å². The maximum Gasteiger partial charge on any atom is 0.331 e. The van der Waals surface area contributed by atoms with Gasteiger partial charge in [0.15, 0.2) is 0 Å². The second-order valence-corrected chi connectivity index (χ2v) is 11.8. The average Bonchev–Trinajstić information content (AvgIpc) is 3.38. The molecule has 0 radical (unpaired) electrons. The lowest BCUT2D eigenvalue weighted by molar-refractivity contribution is -0.127. The van der Waals surface area contributed by atoms with Crippen molar-refractivity contribution in [1.29, 1.82) is 0 Å². The molecule has 1 heterocycles. The monoisotopic (exact) mass is 580 g/mol. The maximum atomic E-state index is 12.7. The molecule has 3 rings (SSSR count). The Balaban J connectivity index is 1.55. The molecule has 2 aromatic rings. The number of nitrogens with one attached hydrogen (secondary N) is 3. The topological polar surface area (TPSA) is 206 Å². The minimum absolute atomic E-state index is 0.0872. The molecule has 2 aromatic carbocycles. The van der Waals surface area contributed by atoms with Crippen molar-refractivity contribution in [2.45, 2.75) is 35.6 Å². The number of carbonyl (C=O) groups is 3. The van der Waals surface area contributed by atoms with Gasteiger partial charge in [0.1, 0.15) is 6.04 Å². The fourth-order valence-electron chi connectivity index (χ4n) is 3.64. The normalized spacial score (nSPS) is 15.9. The van der Waals surface area contributed by atoms with Crippen LogP contribution in [0.4, 0.5) is 10.5 Å². The fourth-order valence-corrected chi connectivity index (χ4v) is 5.50. The van der Waals surface area contributed by atoms with Crippen LogP contribution < -0.4 is 21.1 Å². The summed E-state index contributed by atoms with van der Waals surface area (Å²) in [5.41, 5.74) is 6.38. The molecular weight excluding hydrogens is 552 g/mol. The van der Waals surface area contributed by atoms with Crippen LogP contribution in [0.25, 0.3) is 0 Å². The van der Waals surface area contributed by atoms with E-state index in [4.69, 9.17) is 5.73 Å². The van der Waals surface area contributed by atoms with Gasteiger partial charge >= 0.3 is 6.03 Å². The highest BCUT2D eigenvalue weighted by Crippen LogP contribution is 2.19. The Kier molecular flexibility index (Phi) is 9.13. The molecule has 1 saturated heterocycles. The molecular formula is C23H28N6O8S2. The molecule has 0 aromatic heterocycles. The second-order valence-electron chi connectivity index (χ2n) is 8.47. The summed E-state index contributed by atoms with van der Waals surface area (Å²) in [7, 11) is -7.06. The molecule has 14 nitrogen and oxygen atoms in total. The number of ether oxygens (including phenoxy) is 1. The first kappa shape index (κ1) is 29.4. The van der Waals surface area contributed by atoms with Gasteiger partial charge in [-0.25, -0.2) is 17.9 Å². The van der Waals surface area contributed by atoms with Gasteiger partial charge in [-0.2, -0.15) is 8.42 Å². The van der Waals surface area contributed by atoms with Crippen molar-refractivity contribution in [2.75, 3.05) is 25.5 Å². The highest BCUT2D eigenvalue weighted by Gasteiger charge is 2.36. The van der Waals surface area contributed by atoms with E-state index in [0.717, 1.165) is 10.5 Å². The Bertz CT molecular complexity index is 1470. The van der Waals surface area contributed by atoms with Crippen molar-refractivity contribution in [2.24, 2.45) is 10.1 Å². The standard InChI is InChI=1S/C23H28N6O8S2/c1-15-5-9-17(10-6-15)39(35,36)28-23(32)29-13-3-4-19(29)21(31)25-14-20(30)26-16-7-11-18(12-8-16)38(33,34)27-22(24)37-2/h5-12,19H,3-4,13-14H2,1-2H3,(H2,24,27)(H,25,31)(H,26,30)(H,28,32)/t19-/m0/s1. The number of sulfonamides is 2. The van der Waals surface area contributed by atoms with E-state index >= 15 is 0 Å². The number of amides is 4. The Morgan fingerprint density at radius 2 is 1.64 bits per heavy atom. The Labute approximate surface area is 225 Å².